The van der Waals surface area contributed by atoms with Crippen LogP contribution in [0, 0.1) is 5.82 Å². The van der Waals surface area contributed by atoms with Gasteiger partial charge >= 0.3 is 0 Å². The molecule has 3 heterocycles. The fourth-order valence-corrected chi connectivity index (χ4v) is 3.23. The molecule has 4 aromatic rings. The van der Waals surface area contributed by atoms with Gasteiger partial charge in [0.25, 0.3) is 0 Å². The second kappa shape index (κ2) is 6.97. The van der Waals surface area contributed by atoms with Gasteiger partial charge in [0.05, 0.1) is 23.0 Å². The van der Waals surface area contributed by atoms with Gasteiger partial charge in [-0.15, -0.1) is 0 Å². The summed E-state index contributed by atoms with van der Waals surface area (Å²) < 4.78 is 15.1. The summed E-state index contributed by atoms with van der Waals surface area (Å²) in [5.74, 6) is 0.977. The van der Waals surface area contributed by atoms with E-state index in [9.17, 15) is 9.18 Å². The third-order valence-corrected chi connectivity index (χ3v) is 4.78. The van der Waals surface area contributed by atoms with Gasteiger partial charge in [-0.3, -0.25) is 4.79 Å². The number of hydrogen-bond donors (Lipinski definition) is 2. The Hall–Kier alpha value is -3.81. The van der Waals surface area contributed by atoms with E-state index in [-0.39, 0.29) is 5.82 Å². The summed E-state index contributed by atoms with van der Waals surface area (Å²) in [5, 5.41) is 10.7. The molecule has 1 saturated carbocycles. The van der Waals surface area contributed by atoms with E-state index in [1.807, 2.05) is 12.1 Å². The zero-order chi connectivity index (χ0) is 19.8. The first-order chi connectivity index (χ1) is 14.2. The highest BCUT2D eigenvalue weighted by atomic mass is 19.1. The summed E-state index contributed by atoms with van der Waals surface area (Å²) in [7, 11) is 0. The monoisotopic (exact) mass is 388 g/mol. The Bertz CT molecular complexity index is 1200. The molecular formula is C21H17FN6O. The summed E-state index contributed by atoms with van der Waals surface area (Å²) in [6.45, 7) is 0. The van der Waals surface area contributed by atoms with Crippen molar-refractivity contribution in [3.05, 3.63) is 60.7 Å². The molecule has 1 amide bonds. The summed E-state index contributed by atoms with van der Waals surface area (Å²) in [6, 6.07) is 12.1. The molecule has 7 nitrogen and oxygen atoms in total. The molecule has 3 aromatic heterocycles. The Kier molecular flexibility index (Phi) is 4.16. The van der Waals surface area contributed by atoms with E-state index in [0.29, 0.717) is 29.7 Å². The van der Waals surface area contributed by atoms with Crippen molar-refractivity contribution in [1.29, 1.82) is 0 Å². The Morgan fingerprint density at radius 1 is 1.10 bits per heavy atom. The van der Waals surface area contributed by atoms with Crippen LogP contribution in [-0.2, 0) is 4.79 Å². The molecule has 1 aliphatic rings. The Balaban J connectivity index is 1.69. The third-order valence-electron chi connectivity index (χ3n) is 4.78. The predicted octanol–water partition coefficient (Wildman–Crippen LogP) is 3.74. The van der Waals surface area contributed by atoms with Crippen LogP contribution in [0.15, 0.2) is 54.9 Å². The molecule has 8 heteroatoms. The highest BCUT2D eigenvalue weighted by Gasteiger charge is 2.23. The number of halogens is 1. The van der Waals surface area contributed by atoms with Crippen molar-refractivity contribution >= 4 is 23.4 Å². The van der Waals surface area contributed by atoms with Crippen molar-refractivity contribution in [1.82, 2.24) is 19.6 Å². The number of carbonyl (C=O) groups excluding carboxylic acids is 1. The first-order valence-electron chi connectivity index (χ1n) is 9.30. The minimum atomic E-state index is -0.316. The van der Waals surface area contributed by atoms with E-state index in [2.05, 4.69) is 25.7 Å². The largest absolute Gasteiger partial charge is 0.367 e. The fraction of sp³-hybridized carbons (Fsp3) is 0.143. The van der Waals surface area contributed by atoms with Crippen LogP contribution in [0.2, 0.25) is 0 Å². The summed E-state index contributed by atoms with van der Waals surface area (Å²) in [4.78, 5) is 19.9. The van der Waals surface area contributed by atoms with Gasteiger partial charge in [-0.1, -0.05) is 0 Å². The molecule has 0 spiro atoms. The molecule has 5 rings (SSSR count). The Morgan fingerprint density at radius 3 is 2.69 bits per heavy atom. The lowest BCUT2D eigenvalue weighted by molar-refractivity contribution is -0.105. The molecule has 0 bridgehead atoms. The Morgan fingerprint density at radius 2 is 1.93 bits per heavy atom. The summed E-state index contributed by atoms with van der Waals surface area (Å²) >= 11 is 0. The topological polar surface area (TPSA) is 84.2 Å². The van der Waals surface area contributed by atoms with Crippen molar-refractivity contribution in [2.75, 3.05) is 10.6 Å². The van der Waals surface area contributed by atoms with Crippen molar-refractivity contribution in [3.8, 4) is 22.6 Å². The van der Waals surface area contributed by atoms with Crippen LogP contribution in [0.5, 0.6) is 0 Å². The van der Waals surface area contributed by atoms with Gasteiger partial charge < -0.3 is 10.6 Å². The average molecular weight is 388 g/mol. The molecule has 0 aliphatic heterocycles. The molecule has 29 heavy (non-hydrogen) atoms. The standard InChI is InChI=1S/C21H17FN6O/c22-14-3-1-13(2-4-14)20-19(17-8-7-16(24-12-29)11-28(17)27-20)21-23-10-9-18(26-21)25-15-5-6-15/h1-4,7-12,15H,5-6H2,(H,24,29)(H,23,25,26). The van der Waals surface area contributed by atoms with Crippen LogP contribution in [-0.4, -0.2) is 32.0 Å². The first-order valence-corrected chi connectivity index (χ1v) is 9.30. The minimum Gasteiger partial charge on any atom is -0.367 e. The maximum Gasteiger partial charge on any atom is 0.211 e. The molecule has 1 fully saturated rings. The van der Waals surface area contributed by atoms with Gasteiger partial charge in [-0.2, -0.15) is 5.10 Å². The van der Waals surface area contributed by atoms with Crippen molar-refractivity contribution < 1.29 is 9.18 Å². The van der Waals surface area contributed by atoms with Crippen molar-refractivity contribution in [3.63, 3.8) is 0 Å². The van der Waals surface area contributed by atoms with Crippen LogP contribution < -0.4 is 10.6 Å². The first kappa shape index (κ1) is 17.3. The number of aromatic nitrogens is 4. The number of amides is 1. The molecule has 1 aliphatic carbocycles. The number of nitrogens with zero attached hydrogens (tertiary/aromatic N) is 4. The molecular weight excluding hydrogens is 371 g/mol. The molecule has 0 atom stereocenters. The highest BCUT2D eigenvalue weighted by molar-refractivity contribution is 5.90. The number of carbonyl (C=O) groups is 1. The maximum atomic E-state index is 13.4. The maximum absolute atomic E-state index is 13.4. The summed E-state index contributed by atoms with van der Waals surface area (Å²) in [6.07, 6.45) is 6.33. The van der Waals surface area contributed by atoms with Gasteiger partial charge in [-0.05, 0) is 55.3 Å². The van der Waals surface area contributed by atoms with Crippen LogP contribution in [0.1, 0.15) is 12.8 Å². The molecule has 0 saturated heterocycles. The number of hydrogen-bond acceptors (Lipinski definition) is 5. The van der Waals surface area contributed by atoms with Gasteiger partial charge in [-0.25, -0.2) is 18.9 Å². The number of rotatable bonds is 6. The number of anilines is 2. The molecule has 1 aromatic carbocycles. The molecule has 0 unspecified atom stereocenters. The van der Waals surface area contributed by atoms with Crippen LogP contribution in [0.25, 0.3) is 28.2 Å². The third kappa shape index (κ3) is 3.40. The highest BCUT2D eigenvalue weighted by Crippen LogP contribution is 2.34. The lowest BCUT2D eigenvalue weighted by Crippen LogP contribution is -2.04. The van der Waals surface area contributed by atoms with E-state index in [1.165, 1.54) is 12.1 Å². The second-order valence-corrected chi connectivity index (χ2v) is 6.92. The lowest BCUT2D eigenvalue weighted by atomic mass is 10.1. The van der Waals surface area contributed by atoms with Crippen LogP contribution >= 0.6 is 0 Å². The predicted molar refractivity (Wildman–Crippen MR) is 108 cm³/mol. The number of benzene rings is 1. The SMILES string of the molecule is O=CNc1ccc2c(-c3nccc(NC4CC4)n3)c(-c3ccc(F)cc3)nn2c1. The normalized spacial score (nSPS) is 13.4. The Labute approximate surface area is 165 Å². The smallest absolute Gasteiger partial charge is 0.211 e. The van der Waals surface area contributed by atoms with Crippen LogP contribution in [0.3, 0.4) is 0 Å². The van der Waals surface area contributed by atoms with Crippen LogP contribution in [0.4, 0.5) is 15.9 Å². The molecule has 0 radical (unpaired) electrons. The number of nitrogens with one attached hydrogen (secondary N) is 2. The van der Waals surface area contributed by atoms with Gasteiger partial charge in [0.1, 0.15) is 17.3 Å². The minimum absolute atomic E-state index is 0.316. The van der Waals surface area contributed by atoms with Gasteiger partial charge in [0.2, 0.25) is 6.41 Å². The second-order valence-electron chi connectivity index (χ2n) is 6.92. The van der Waals surface area contributed by atoms with E-state index in [1.54, 1.807) is 35.1 Å². The molecule has 2 N–H and O–H groups in total. The average Bonchev–Trinajstić information content (AvgIpc) is 3.46. The zero-order valence-electron chi connectivity index (χ0n) is 15.3. The number of pyridine rings is 1. The van der Waals surface area contributed by atoms with Crippen molar-refractivity contribution in [2.45, 2.75) is 18.9 Å². The van der Waals surface area contributed by atoms with Crippen molar-refractivity contribution in [2.24, 2.45) is 0 Å². The van der Waals surface area contributed by atoms with Gasteiger partial charge in [0.15, 0.2) is 5.82 Å². The molecule has 144 valence electrons. The van der Waals surface area contributed by atoms with E-state index in [4.69, 9.17) is 0 Å². The zero-order valence-corrected chi connectivity index (χ0v) is 15.3. The van der Waals surface area contributed by atoms with E-state index >= 15 is 0 Å². The van der Waals surface area contributed by atoms with Gasteiger partial charge in [0, 0.05) is 17.8 Å². The number of fused-ring (bicyclic) bond motifs is 1. The van der Waals surface area contributed by atoms with E-state index in [0.717, 1.165) is 35.3 Å². The lowest BCUT2D eigenvalue weighted by Gasteiger charge is -2.07. The van der Waals surface area contributed by atoms with E-state index < -0.39 is 0 Å². The quantitative estimate of drug-likeness (QED) is 0.492. The summed E-state index contributed by atoms with van der Waals surface area (Å²) in [5.41, 5.74) is 3.52. The fourth-order valence-electron chi connectivity index (χ4n) is 3.23.